The van der Waals surface area contributed by atoms with Crippen LogP contribution in [0.2, 0.25) is 25.7 Å². The van der Waals surface area contributed by atoms with E-state index in [4.69, 9.17) is 25.5 Å². The van der Waals surface area contributed by atoms with Gasteiger partial charge in [0, 0.05) is 21.2 Å². The Hall–Kier alpha value is -2.32. The van der Waals surface area contributed by atoms with Crippen LogP contribution in [-0.4, -0.2) is 92.4 Å². The molecule has 45 heavy (non-hydrogen) atoms. The molecule has 0 spiro atoms. The molecule has 7 atom stereocenters. The maximum absolute atomic E-state index is 14.0. The van der Waals surface area contributed by atoms with Crippen molar-refractivity contribution in [3.8, 4) is 0 Å². The zero-order valence-corrected chi connectivity index (χ0v) is 29.9. The highest BCUT2D eigenvalue weighted by Crippen LogP contribution is 2.65. The Labute approximate surface area is 270 Å². The first-order valence-electron chi connectivity index (χ1n) is 16.7. The Morgan fingerprint density at radius 2 is 1.82 bits per heavy atom. The molecule has 0 unspecified atom stereocenters. The fourth-order valence-corrected chi connectivity index (χ4v) is 9.41. The minimum Gasteiger partial charge on any atom is -0.444 e. The fraction of sp³-hybridized carbons (Fsp3) is 0.871. The molecule has 6 N–H and O–H groups in total. The number of aliphatic imine (C=N–C) groups is 1. The van der Waals surface area contributed by atoms with E-state index in [0.29, 0.717) is 56.7 Å². The summed E-state index contributed by atoms with van der Waals surface area (Å²) in [5.74, 6) is 0.0876. The Bertz CT molecular complexity index is 1150. The third-order valence-corrected chi connectivity index (χ3v) is 11.9. The van der Waals surface area contributed by atoms with Crippen molar-refractivity contribution in [2.75, 3.05) is 13.1 Å². The number of likely N-dealkylation sites (tertiary alicyclic amines) is 1. The van der Waals surface area contributed by atoms with Crippen molar-refractivity contribution in [3.05, 3.63) is 0 Å². The van der Waals surface area contributed by atoms with Crippen LogP contribution in [0, 0.1) is 17.3 Å². The largest absolute Gasteiger partial charge is 0.481 e. The highest BCUT2D eigenvalue weighted by atomic mass is 28.3. The maximum Gasteiger partial charge on any atom is 0.481 e. The van der Waals surface area contributed by atoms with Gasteiger partial charge in [-0.25, -0.2) is 4.79 Å². The first kappa shape index (κ1) is 35.5. The number of hydrogen-bond donors (Lipinski definition) is 4. The number of alkyl carbamates (subject to hydrolysis) is 1. The Morgan fingerprint density at radius 3 is 2.42 bits per heavy atom. The number of carbonyl (C=O) groups excluding carboxylic acids is 3. The van der Waals surface area contributed by atoms with E-state index in [-0.39, 0.29) is 29.3 Å². The van der Waals surface area contributed by atoms with E-state index in [1.807, 2.05) is 0 Å². The van der Waals surface area contributed by atoms with Gasteiger partial charge in [0.05, 0.1) is 17.6 Å². The molecular formula is C31H57BN6O6Si. The van der Waals surface area contributed by atoms with Crippen LogP contribution in [0.25, 0.3) is 0 Å². The van der Waals surface area contributed by atoms with E-state index >= 15 is 0 Å². The second kappa shape index (κ2) is 13.1. The molecule has 3 saturated carbocycles. The summed E-state index contributed by atoms with van der Waals surface area (Å²) in [5, 5.41) is 6.03. The summed E-state index contributed by atoms with van der Waals surface area (Å²) in [6.07, 6.45) is 3.82. The van der Waals surface area contributed by atoms with Gasteiger partial charge in [-0.15, -0.1) is 0 Å². The highest BCUT2D eigenvalue weighted by molar-refractivity contribution is 6.76. The normalized spacial score (nSPS) is 30.1. The SMILES string of the molecule is CC(C)(C)OC(=O)N[C@H](C[Si](C)(C)C)C(=O)N1CCC[C@H]1C(=O)N[C@@H](CCCN=C(N)N)B1O[C@@H]2C[C@@H]3C[C@@H](C3(C)C)[C@]2(C)O1. The Morgan fingerprint density at radius 1 is 1.13 bits per heavy atom. The predicted octanol–water partition coefficient (Wildman–Crippen LogP) is 3.01. The molecule has 5 rings (SSSR count). The monoisotopic (exact) mass is 648 g/mol. The highest BCUT2D eigenvalue weighted by Gasteiger charge is 2.68. The molecule has 0 aromatic heterocycles. The van der Waals surface area contributed by atoms with Gasteiger partial charge in [0.2, 0.25) is 11.8 Å². The number of carbonyl (C=O) groups is 3. The molecule has 2 saturated heterocycles. The molecule has 254 valence electrons. The molecule has 3 aliphatic carbocycles. The molecule has 2 aliphatic heterocycles. The average Bonchev–Trinajstić information content (AvgIpc) is 3.51. The molecule has 14 heteroatoms. The summed E-state index contributed by atoms with van der Waals surface area (Å²) in [4.78, 5) is 46.4. The van der Waals surface area contributed by atoms with Gasteiger partial charge in [0.1, 0.15) is 17.7 Å². The van der Waals surface area contributed by atoms with Gasteiger partial charge in [-0.2, -0.15) is 0 Å². The molecule has 3 amide bonds. The quantitative estimate of drug-likeness (QED) is 0.115. The zero-order chi connectivity index (χ0) is 33.5. The number of nitrogens with zero attached hydrogens (tertiary/aromatic N) is 2. The number of nitrogens with one attached hydrogen (secondary N) is 2. The minimum atomic E-state index is -1.79. The molecule has 12 nitrogen and oxygen atoms in total. The molecule has 2 heterocycles. The van der Waals surface area contributed by atoms with Gasteiger partial charge in [-0.1, -0.05) is 33.5 Å². The second-order valence-corrected chi connectivity index (χ2v) is 22.1. The van der Waals surface area contributed by atoms with E-state index in [1.54, 1.807) is 25.7 Å². The zero-order valence-electron chi connectivity index (χ0n) is 28.9. The number of nitrogens with two attached hydrogens (primary N) is 2. The summed E-state index contributed by atoms with van der Waals surface area (Å²) in [6, 6.07) is -0.894. The minimum absolute atomic E-state index is 0.0254. The second-order valence-electron chi connectivity index (χ2n) is 16.6. The van der Waals surface area contributed by atoms with Crippen LogP contribution < -0.4 is 22.1 Å². The lowest BCUT2D eigenvalue weighted by atomic mass is 9.43. The van der Waals surface area contributed by atoms with Gasteiger partial charge in [-0.05, 0) is 89.5 Å². The lowest BCUT2D eigenvalue weighted by Crippen LogP contribution is -2.65. The van der Waals surface area contributed by atoms with Crippen molar-refractivity contribution in [3.63, 3.8) is 0 Å². The van der Waals surface area contributed by atoms with Gasteiger partial charge in [-0.3, -0.25) is 14.6 Å². The van der Waals surface area contributed by atoms with E-state index in [9.17, 15) is 14.4 Å². The summed E-state index contributed by atoms with van der Waals surface area (Å²) in [6.45, 7) is 19.5. The van der Waals surface area contributed by atoms with E-state index in [0.717, 1.165) is 12.8 Å². The van der Waals surface area contributed by atoms with Crippen molar-refractivity contribution in [2.45, 2.75) is 141 Å². The van der Waals surface area contributed by atoms with Crippen LogP contribution in [0.4, 0.5) is 4.79 Å². The summed E-state index contributed by atoms with van der Waals surface area (Å²) in [5.41, 5.74) is 10.2. The van der Waals surface area contributed by atoms with Crippen molar-refractivity contribution in [2.24, 2.45) is 33.7 Å². The fourth-order valence-electron chi connectivity index (χ4n) is 7.91. The predicted molar refractivity (Wildman–Crippen MR) is 178 cm³/mol. The molecule has 2 bridgehead atoms. The number of amides is 3. The van der Waals surface area contributed by atoms with Crippen molar-refractivity contribution < 1.29 is 28.4 Å². The van der Waals surface area contributed by atoms with Crippen LogP contribution in [0.1, 0.15) is 80.1 Å². The van der Waals surface area contributed by atoms with E-state index in [1.165, 1.54) is 0 Å². The topological polar surface area (TPSA) is 171 Å². The van der Waals surface area contributed by atoms with Crippen molar-refractivity contribution in [1.29, 1.82) is 0 Å². The Balaban J connectivity index is 1.49. The van der Waals surface area contributed by atoms with E-state index < -0.39 is 50.5 Å². The molecule has 5 aliphatic rings. The number of guanidine groups is 1. The first-order chi connectivity index (χ1) is 20.7. The molecule has 0 radical (unpaired) electrons. The number of rotatable bonds is 11. The first-order valence-corrected chi connectivity index (χ1v) is 20.4. The lowest BCUT2D eigenvalue weighted by molar-refractivity contribution is -0.199. The van der Waals surface area contributed by atoms with Crippen LogP contribution in [0.15, 0.2) is 4.99 Å². The average molecular weight is 649 g/mol. The maximum atomic E-state index is 14.0. The van der Waals surface area contributed by atoms with Gasteiger partial charge < -0.3 is 41.0 Å². The van der Waals surface area contributed by atoms with Crippen LogP contribution in [-0.2, 0) is 23.6 Å². The molecule has 0 aromatic rings. The van der Waals surface area contributed by atoms with Crippen LogP contribution in [0.3, 0.4) is 0 Å². The molecular weight excluding hydrogens is 591 g/mol. The Kier molecular flexibility index (Phi) is 10.3. The van der Waals surface area contributed by atoms with Crippen LogP contribution in [0.5, 0.6) is 0 Å². The standard InChI is InChI=1S/C31H57BN6O6Si/c1-29(2,3)42-28(41)36-20(18-45(7,8)9)26(40)38-15-11-12-21(38)25(39)37-24(13-10-14-35-27(33)34)32-43-23-17-19-16-22(30(19,4)5)31(23,6)44-32/h19-24H,10-18H2,1-9H3,(H,36,41)(H,37,39)(H4,33,34,35)/t19-,20+,21-,22-,23+,24-,31-/m0/s1. The molecule has 0 aromatic carbocycles. The number of hydrogen-bond acceptors (Lipinski definition) is 7. The smallest absolute Gasteiger partial charge is 0.444 e. The van der Waals surface area contributed by atoms with Crippen molar-refractivity contribution >= 4 is 39.1 Å². The summed E-state index contributed by atoms with van der Waals surface area (Å²) < 4.78 is 18.8. The summed E-state index contributed by atoms with van der Waals surface area (Å²) in [7, 11) is -2.41. The van der Waals surface area contributed by atoms with E-state index in [2.05, 4.69) is 56.0 Å². The number of ether oxygens (including phenoxy) is 1. The van der Waals surface area contributed by atoms with Gasteiger partial charge in [0.15, 0.2) is 5.96 Å². The third-order valence-electron chi connectivity index (χ3n) is 10.2. The lowest BCUT2D eigenvalue weighted by Gasteiger charge is -2.64. The van der Waals surface area contributed by atoms with Gasteiger partial charge >= 0.3 is 13.2 Å². The third kappa shape index (κ3) is 8.16. The van der Waals surface area contributed by atoms with Crippen LogP contribution >= 0.6 is 0 Å². The molecule has 5 fully saturated rings. The van der Waals surface area contributed by atoms with Gasteiger partial charge in [0.25, 0.3) is 0 Å². The summed E-state index contributed by atoms with van der Waals surface area (Å²) >= 11 is 0. The van der Waals surface area contributed by atoms with Crippen molar-refractivity contribution in [1.82, 2.24) is 15.5 Å².